The van der Waals surface area contributed by atoms with Gasteiger partial charge in [0.1, 0.15) is 11.3 Å². The van der Waals surface area contributed by atoms with E-state index in [1.807, 2.05) is 36.5 Å². The van der Waals surface area contributed by atoms with Gasteiger partial charge in [-0.15, -0.1) is 0 Å². The van der Waals surface area contributed by atoms with Crippen molar-refractivity contribution in [2.24, 2.45) is 7.05 Å². The summed E-state index contributed by atoms with van der Waals surface area (Å²) in [6.45, 7) is 1.70. The minimum absolute atomic E-state index is 0.0160. The number of rotatable bonds is 6. The van der Waals surface area contributed by atoms with E-state index in [4.69, 9.17) is 0 Å². The molecule has 0 unspecified atom stereocenters. The van der Waals surface area contributed by atoms with Crippen molar-refractivity contribution in [3.8, 4) is 23.2 Å². The summed E-state index contributed by atoms with van der Waals surface area (Å²) in [6, 6.07) is 13.1. The normalized spacial score (nSPS) is 11.0. The number of carbonyl (C=O) groups is 1. The molecule has 5 aromatic rings. The fourth-order valence-electron chi connectivity index (χ4n) is 4.32. The molecule has 0 saturated heterocycles. The predicted molar refractivity (Wildman–Crippen MR) is 136 cm³/mol. The maximum atomic E-state index is 13.6. The smallest absolute Gasteiger partial charge is 0.278 e. The summed E-state index contributed by atoms with van der Waals surface area (Å²) in [5.74, 6) is 3.82. The number of carbonyl (C=O) groups excluding carboxylic acids is 1. The molecule has 9 heteroatoms. The van der Waals surface area contributed by atoms with Gasteiger partial charge in [0.25, 0.3) is 5.56 Å². The average Bonchev–Trinajstić information content (AvgIpc) is 3.60. The molecule has 0 aliphatic heterocycles. The maximum absolute atomic E-state index is 13.6. The van der Waals surface area contributed by atoms with Crippen LogP contribution >= 0.6 is 0 Å². The van der Waals surface area contributed by atoms with E-state index in [0.717, 1.165) is 40.0 Å². The van der Waals surface area contributed by atoms with Gasteiger partial charge in [-0.25, -0.2) is 13.5 Å². The minimum atomic E-state index is -0.987. The monoisotopic (exact) mass is 499 g/mol. The number of ketones is 1. The molecule has 0 radical (unpaired) electrons. The Labute approximate surface area is 210 Å². The van der Waals surface area contributed by atoms with Crippen LogP contribution < -0.4 is 5.56 Å². The summed E-state index contributed by atoms with van der Waals surface area (Å²) in [5, 5.41) is 8.37. The minimum Gasteiger partial charge on any atom is -0.360 e. The van der Waals surface area contributed by atoms with Crippen molar-refractivity contribution in [2.75, 3.05) is 0 Å². The van der Waals surface area contributed by atoms with Crippen molar-refractivity contribution in [1.82, 2.24) is 24.5 Å². The molecule has 7 nitrogen and oxygen atoms in total. The van der Waals surface area contributed by atoms with E-state index >= 15 is 0 Å². The topological polar surface area (TPSA) is 88.5 Å². The van der Waals surface area contributed by atoms with Crippen LogP contribution in [-0.4, -0.2) is 30.3 Å². The molecule has 5 rings (SSSR count). The molecule has 0 saturated carbocycles. The summed E-state index contributed by atoms with van der Waals surface area (Å²) in [5.41, 5.74) is 3.93. The highest BCUT2D eigenvalue weighted by atomic mass is 19.2. The van der Waals surface area contributed by atoms with Gasteiger partial charge in [-0.3, -0.25) is 19.4 Å². The molecule has 3 aromatic heterocycles. The van der Waals surface area contributed by atoms with Crippen LogP contribution in [0, 0.1) is 30.4 Å². The first-order chi connectivity index (χ1) is 17.8. The second kappa shape index (κ2) is 9.74. The molecule has 37 heavy (non-hydrogen) atoms. The number of nitrogens with zero attached hydrogens (tertiary/aromatic N) is 3. The molecule has 186 valence electrons. The second-order valence-electron chi connectivity index (χ2n) is 8.74. The average molecular weight is 500 g/mol. The lowest BCUT2D eigenvalue weighted by Crippen LogP contribution is -2.25. The summed E-state index contributed by atoms with van der Waals surface area (Å²) < 4.78 is 29.7. The summed E-state index contributed by atoms with van der Waals surface area (Å²) in [7, 11) is 1.65. The molecule has 2 aromatic carbocycles. The molecule has 0 aliphatic carbocycles. The van der Waals surface area contributed by atoms with E-state index < -0.39 is 17.2 Å². The quantitative estimate of drug-likeness (QED) is 0.262. The van der Waals surface area contributed by atoms with Gasteiger partial charge in [-0.05, 0) is 55.0 Å². The van der Waals surface area contributed by atoms with Crippen LogP contribution in [0.25, 0.3) is 22.3 Å². The van der Waals surface area contributed by atoms with E-state index in [-0.39, 0.29) is 30.7 Å². The largest absolute Gasteiger partial charge is 0.360 e. The Morgan fingerprint density at radius 2 is 1.95 bits per heavy atom. The molecule has 0 spiro atoms. The predicted octanol–water partition coefficient (Wildman–Crippen LogP) is 4.71. The Morgan fingerprint density at radius 3 is 2.70 bits per heavy atom. The van der Waals surface area contributed by atoms with Crippen LogP contribution in [0.2, 0.25) is 0 Å². The van der Waals surface area contributed by atoms with Crippen LogP contribution in [0.1, 0.15) is 40.0 Å². The highest BCUT2D eigenvalue weighted by Gasteiger charge is 2.21. The zero-order chi connectivity index (χ0) is 26.1. The first-order valence-corrected chi connectivity index (χ1v) is 11.7. The first-order valence-electron chi connectivity index (χ1n) is 11.7. The lowest BCUT2D eigenvalue weighted by Gasteiger charge is -2.08. The SMILES string of the molecule is Cc1c(C(=O)CCC#Cc2ccc3c(-c4ccc[nH]4)n[nH]c3c2)c(=O)n(Cc2ccc(F)c(F)c2)n1C. The van der Waals surface area contributed by atoms with Crippen molar-refractivity contribution in [1.29, 1.82) is 0 Å². The molecule has 0 atom stereocenters. The van der Waals surface area contributed by atoms with Crippen molar-refractivity contribution in [3.05, 3.63) is 99.1 Å². The van der Waals surface area contributed by atoms with Gasteiger partial charge in [0, 0.05) is 42.7 Å². The van der Waals surface area contributed by atoms with Gasteiger partial charge in [0.2, 0.25) is 0 Å². The third-order valence-corrected chi connectivity index (χ3v) is 6.38. The molecule has 0 bridgehead atoms. The Morgan fingerprint density at radius 1 is 1.11 bits per heavy atom. The number of halogens is 2. The van der Waals surface area contributed by atoms with E-state index in [1.54, 1.807) is 18.7 Å². The van der Waals surface area contributed by atoms with Crippen LogP contribution in [0.5, 0.6) is 0 Å². The Kier molecular flexibility index (Phi) is 6.32. The van der Waals surface area contributed by atoms with Gasteiger partial charge in [-0.2, -0.15) is 5.10 Å². The summed E-state index contributed by atoms with van der Waals surface area (Å²) in [4.78, 5) is 29.0. The van der Waals surface area contributed by atoms with E-state index in [2.05, 4.69) is 27.0 Å². The fourth-order valence-corrected chi connectivity index (χ4v) is 4.32. The molecule has 3 heterocycles. The Bertz CT molecular complexity index is 1750. The third-order valence-electron chi connectivity index (χ3n) is 6.38. The zero-order valence-corrected chi connectivity index (χ0v) is 20.2. The molecule has 2 N–H and O–H groups in total. The number of hydrogen-bond donors (Lipinski definition) is 2. The number of aromatic amines is 2. The van der Waals surface area contributed by atoms with Crippen molar-refractivity contribution >= 4 is 16.7 Å². The number of H-pyrrole nitrogens is 2. The standard InChI is InChI=1S/C28H23F2N5O2/c1-17-26(28(37)35(34(17)2)16-19-10-12-21(29)22(30)14-19)25(36)8-4-3-6-18-9-11-20-24(15-18)32-33-27(20)23-7-5-13-31-23/h5,7,9-15,31H,4,8,16H2,1-2H3,(H,32,33). The molecule has 0 amide bonds. The number of fused-ring (bicyclic) bond motifs is 1. The molecule has 0 aliphatic rings. The number of Topliss-reactive ketones (excluding diaryl/α,β-unsaturated/α-hetero) is 1. The summed E-state index contributed by atoms with van der Waals surface area (Å²) in [6.07, 6.45) is 2.21. The first kappa shape index (κ1) is 24.0. The van der Waals surface area contributed by atoms with Gasteiger partial charge in [0.15, 0.2) is 17.4 Å². The Balaban J connectivity index is 1.28. The van der Waals surface area contributed by atoms with Crippen LogP contribution in [0.4, 0.5) is 8.78 Å². The van der Waals surface area contributed by atoms with Crippen LogP contribution in [0.15, 0.2) is 59.5 Å². The number of nitrogens with one attached hydrogen (secondary N) is 2. The lowest BCUT2D eigenvalue weighted by molar-refractivity contribution is 0.0982. The summed E-state index contributed by atoms with van der Waals surface area (Å²) >= 11 is 0. The van der Waals surface area contributed by atoms with Crippen LogP contribution in [0.3, 0.4) is 0 Å². The molecular weight excluding hydrogens is 476 g/mol. The number of benzene rings is 2. The molecular formula is C28H23F2N5O2. The Hall–Kier alpha value is -4.71. The highest BCUT2D eigenvalue weighted by molar-refractivity contribution is 5.97. The lowest BCUT2D eigenvalue weighted by atomic mass is 10.1. The van der Waals surface area contributed by atoms with Gasteiger partial charge < -0.3 is 4.98 Å². The van der Waals surface area contributed by atoms with Gasteiger partial charge in [-0.1, -0.05) is 17.9 Å². The fraction of sp³-hybridized carbons (Fsp3) is 0.179. The van der Waals surface area contributed by atoms with E-state index in [9.17, 15) is 18.4 Å². The van der Waals surface area contributed by atoms with E-state index in [0.29, 0.717) is 11.3 Å². The van der Waals surface area contributed by atoms with Gasteiger partial charge in [0.05, 0.1) is 17.8 Å². The second-order valence-corrected chi connectivity index (χ2v) is 8.74. The van der Waals surface area contributed by atoms with Crippen LogP contribution in [-0.2, 0) is 13.6 Å². The number of hydrogen-bond acceptors (Lipinski definition) is 3. The highest BCUT2D eigenvalue weighted by Crippen LogP contribution is 2.25. The zero-order valence-electron chi connectivity index (χ0n) is 20.2. The van der Waals surface area contributed by atoms with Crippen molar-refractivity contribution < 1.29 is 13.6 Å². The third kappa shape index (κ3) is 4.61. The van der Waals surface area contributed by atoms with E-state index in [1.165, 1.54) is 10.7 Å². The molecule has 0 fully saturated rings. The van der Waals surface area contributed by atoms with Crippen molar-refractivity contribution in [3.63, 3.8) is 0 Å². The van der Waals surface area contributed by atoms with Gasteiger partial charge >= 0.3 is 0 Å². The maximum Gasteiger partial charge on any atom is 0.278 e. The van der Waals surface area contributed by atoms with Crippen molar-refractivity contribution in [2.45, 2.75) is 26.3 Å². The number of aromatic nitrogens is 5.